The molecule has 2 heterocycles. The quantitative estimate of drug-likeness (QED) is 0.839. The van der Waals surface area contributed by atoms with Crippen LogP contribution in [0, 0.1) is 6.92 Å². The molecular weight excluding hydrogens is 236 g/mol. The Bertz CT molecular complexity index is 513. The Kier molecular flexibility index (Phi) is 3.52. The van der Waals surface area contributed by atoms with Gasteiger partial charge in [-0.2, -0.15) is 5.10 Å². The van der Waals surface area contributed by atoms with Gasteiger partial charge in [0.25, 0.3) is 0 Å². The molecule has 2 aromatic heterocycles. The molecule has 0 N–H and O–H groups in total. The first kappa shape index (κ1) is 12.2. The summed E-state index contributed by atoms with van der Waals surface area (Å²) in [6, 6.07) is 0. The van der Waals surface area contributed by atoms with E-state index in [1.165, 1.54) is 0 Å². The summed E-state index contributed by atoms with van der Waals surface area (Å²) in [7, 11) is 1.92. The number of aromatic nitrogens is 4. The molecule has 0 aliphatic heterocycles. The lowest BCUT2D eigenvalue weighted by atomic mass is 10.3. The molecule has 0 atom stereocenters. The third-order valence-electron chi connectivity index (χ3n) is 2.86. The van der Waals surface area contributed by atoms with Crippen molar-refractivity contribution in [3.05, 3.63) is 34.6 Å². The first-order valence-electron chi connectivity index (χ1n) is 5.81. The molecule has 92 valence electrons. The van der Waals surface area contributed by atoms with Crippen LogP contribution in [0.1, 0.15) is 30.6 Å². The summed E-state index contributed by atoms with van der Waals surface area (Å²) in [5.41, 5.74) is 1.90. The molecule has 0 aromatic carbocycles. The average Bonchev–Trinajstić information content (AvgIpc) is 2.81. The van der Waals surface area contributed by atoms with Crippen LogP contribution in [0.2, 0.25) is 5.02 Å². The number of aryl methyl sites for hydroxylation is 3. The van der Waals surface area contributed by atoms with Crippen molar-refractivity contribution in [2.24, 2.45) is 7.05 Å². The van der Waals surface area contributed by atoms with E-state index in [9.17, 15) is 0 Å². The predicted octanol–water partition coefficient (Wildman–Crippen LogP) is 2.58. The van der Waals surface area contributed by atoms with Crippen LogP contribution in [0.3, 0.4) is 0 Å². The summed E-state index contributed by atoms with van der Waals surface area (Å²) in [5, 5.41) is 5.07. The molecule has 0 unspecified atom stereocenters. The molecule has 0 spiro atoms. The van der Waals surface area contributed by atoms with Gasteiger partial charge < -0.3 is 4.57 Å². The van der Waals surface area contributed by atoms with Gasteiger partial charge in [-0.05, 0) is 13.3 Å². The van der Waals surface area contributed by atoms with Gasteiger partial charge in [0.15, 0.2) is 0 Å². The first-order chi connectivity index (χ1) is 8.13. The monoisotopic (exact) mass is 252 g/mol. The van der Waals surface area contributed by atoms with E-state index in [2.05, 4.69) is 21.6 Å². The van der Waals surface area contributed by atoms with Crippen molar-refractivity contribution in [3.8, 4) is 0 Å². The van der Waals surface area contributed by atoms with Crippen LogP contribution in [-0.4, -0.2) is 19.3 Å². The number of hydrogen-bond acceptors (Lipinski definition) is 2. The summed E-state index contributed by atoms with van der Waals surface area (Å²) in [6.07, 6.45) is 5.91. The topological polar surface area (TPSA) is 35.6 Å². The summed E-state index contributed by atoms with van der Waals surface area (Å²) in [5.74, 6) is 1.10. The van der Waals surface area contributed by atoms with E-state index >= 15 is 0 Å². The van der Waals surface area contributed by atoms with Crippen LogP contribution in [-0.2, 0) is 20.0 Å². The fourth-order valence-electron chi connectivity index (χ4n) is 1.95. The highest BCUT2D eigenvalue weighted by molar-refractivity contribution is 6.31. The minimum absolute atomic E-state index is 0.728. The van der Waals surface area contributed by atoms with E-state index in [0.29, 0.717) is 0 Å². The lowest BCUT2D eigenvalue weighted by molar-refractivity contribution is 0.637. The highest BCUT2D eigenvalue weighted by atomic mass is 35.5. The van der Waals surface area contributed by atoms with Crippen molar-refractivity contribution in [3.63, 3.8) is 0 Å². The molecule has 0 aliphatic carbocycles. The summed E-state index contributed by atoms with van der Waals surface area (Å²) in [4.78, 5) is 4.36. The number of halogens is 1. The molecule has 2 aromatic rings. The van der Waals surface area contributed by atoms with Crippen LogP contribution in [0.5, 0.6) is 0 Å². The Morgan fingerprint density at radius 2 is 2.18 bits per heavy atom. The van der Waals surface area contributed by atoms with E-state index in [4.69, 9.17) is 11.6 Å². The second-order valence-electron chi connectivity index (χ2n) is 4.19. The second kappa shape index (κ2) is 4.92. The minimum atomic E-state index is 0.728. The highest BCUT2D eigenvalue weighted by Crippen LogP contribution is 2.20. The molecule has 0 bridgehead atoms. The Labute approximate surface area is 106 Å². The zero-order chi connectivity index (χ0) is 12.4. The second-order valence-corrected chi connectivity index (χ2v) is 4.57. The van der Waals surface area contributed by atoms with Gasteiger partial charge in [-0.1, -0.05) is 18.5 Å². The van der Waals surface area contributed by atoms with Gasteiger partial charge in [-0.3, -0.25) is 4.68 Å². The molecule has 0 amide bonds. The van der Waals surface area contributed by atoms with Gasteiger partial charge in [0.05, 0.1) is 23.0 Å². The maximum Gasteiger partial charge on any atom is 0.108 e. The summed E-state index contributed by atoms with van der Waals surface area (Å²) >= 11 is 6.24. The fraction of sp³-hybridized carbons (Fsp3) is 0.500. The molecule has 4 nitrogen and oxygen atoms in total. The number of hydrogen-bond donors (Lipinski definition) is 0. The van der Waals surface area contributed by atoms with Crippen LogP contribution in [0.15, 0.2) is 12.4 Å². The SMILES string of the molecule is CCCc1nccn1Cc1c(Cl)c(C)nn1C. The minimum Gasteiger partial charge on any atom is -0.329 e. The standard InChI is InChI=1S/C12H17ClN4/c1-4-5-11-14-6-7-17(11)8-10-12(13)9(2)15-16(10)3/h6-7H,4-5,8H2,1-3H3. The van der Waals surface area contributed by atoms with Crippen molar-refractivity contribution in [1.82, 2.24) is 19.3 Å². The zero-order valence-electron chi connectivity index (χ0n) is 10.4. The molecule has 5 heteroatoms. The van der Waals surface area contributed by atoms with Gasteiger partial charge in [0.2, 0.25) is 0 Å². The van der Waals surface area contributed by atoms with Crippen molar-refractivity contribution in [1.29, 1.82) is 0 Å². The number of imidazole rings is 1. The molecule has 0 saturated heterocycles. The lowest BCUT2D eigenvalue weighted by Gasteiger charge is -2.08. The Balaban J connectivity index is 2.28. The Morgan fingerprint density at radius 1 is 1.41 bits per heavy atom. The Morgan fingerprint density at radius 3 is 2.76 bits per heavy atom. The fourth-order valence-corrected chi connectivity index (χ4v) is 2.17. The van der Waals surface area contributed by atoms with Crippen LogP contribution in [0.25, 0.3) is 0 Å². The third-order valence-corrected chi connectivity index (χ3v) is 3.35. The van der Waals surface area contributed by atoms with Crippen LogP contribution >= 0.6 is 11.6 Å². The maximum atomic E-state index is 6.24. The molecule has 0 radical (unpaired) electrons. The lowest BCUT2D eigenvalue weighted by Crippen LogP contribution is -2.08. The largest absolute Gasteiger partial charge is 0.329 e. The summed E-state index contributed by atoms with van der Waals surface area (Å²) < 4.78 is 3.97. The van der Waals surface area contributed by atoms with E-state index in [1.54, 1.807) is 0 Å². The third kappa shape index (κ3) is 2.36. The smallest absolute Gasteiger partial charge is 0.108 e. The van der Waals surface area contributed by atoms with Crippen molar-refractivity contribution in [2.45, 2.75) is 33.2 Å². The van der Waals surface area contributed by atoms with Crippen molar-refractivity contribution in [2.75, 3.05) is 0 Å². The van der Waals surface area contributed by atoms with Gasteiger partial charge >= 0.3 is 0 Å². The van der Waals surface area contributed by atoms with E-state index in [1.807, 2.05) is 31.0 Å². The molecule has 0 aliphatic rings. The van der Waals surface area contributed by atoms with Crippen LogP contribution in [0.4, 0.5) is 0 Å². The Hall–Kier alpha value is -1.29. The summed E-state index contributed by atoms with van der Waals surface area (Å²) in [6.45, 7) is 4.80. The van der Waals surface area contributed by atoms with E-state index < -0.39 is 0 Å². The highest BCUT2D eigenvalue weighted by Gasteiger charge is 2.12. The molecular formula is C12H17ClN4. The number of rotatable bonds is 4. The number of nitrogens with zero attached hydrogens (tertiary/aromatic N) is 4. The molecule has 0 fully saturated rings. The maximum absolute atomic E-state index is 6.24. The van der Waals surface area contributed by atoms with Gasteiger partial charge in [0.1, 0.15) is 5.82 Å². The van der Waals surface area contributed by atoms with Gasteiger partial charge in [0, 0.05) is 25.9 Å². The molecule has 0 saturated carbocycles. The van der Waals surface area contributed by atoms with Crippen LogP contribution < -0.4 is 0 Å². The predicted molar refractivity (Wildman–Crippen MR) is 68.3 cm³/mol. The van der Waals surface area contributed by atoms with E-state index in [0.717, 1.165) is 41.6 Å². The van der Waals surface area contributed by atoms with Gasteiger partial charge in [-0.25, -0.2) is 4.98 Å². The van der Waals surface area contributed by atoms with Crippen molar-refractivity contribution < 1.29 is 0 Å². The first-order valence-corrected chi connectivity index (χ1v) is 6.19. The van der Waals surface area contributed by atoms with Crippen molar-refractivity contribution >= 4 is 11.6 Å². The average molecular weight is 253 g/mol. The molecule has 17 heavy (non-hydrogen) atoms. The normalized spacial score (nSPS) is 11.1. The van der Waals surface area contributed by atoms with Gasteiger partial charge in [-0.15, -0.1) is 0 Å². The molecule has 2 rings (SSSR count). The zero-order valence-corrected chi connectivity index (χ0v) is 11.2. The van der Waals surface area contributed by atoms with E-state index in [-0.39, 0.29) is 0 Å².